The van der Waals surface area contributed by atoms with Crippen LogP contribution in [0.25, 0.3) is 0 Å². The summed E-state index contributed by atoms with van der Waals surface area (Å²) in [6.45, 7) is 6.91. The monoisotopic (exact) mass is 245 g/mol. The second-order valence-corrected chi connectivity index (χ2v) is 4.64. The van der Waals surface area contributed by atoms with Crippen molar-refractivity contribution in [3.05, 3.63) is 46.8 Å². The van der Waals surface area contributed by atoms with Gasteiger partial charge in [0.05, 0.1) is 11.9 Å². The minimum Gasteiger partial charge on any atom is -0.382 e. The maximum Gasteiger partial charge on any atom is 0.123 e. The van der Waals surface area contributed by atoms with E-state index in [4.69, 9.17) is 0 Å². The third-order valence-corrected chi connectivity index (χ3v) is 3.08. The summed E-state index contributed by atoms with van der Waals surface area (Å²) in [5.74, 6) is 0. The van der Waals surface area contributed by atoms with Crippen molar-refractivity contribution in [2.45, 2.75) is 39.8 Å². The van der Waals surface area contributed by atoms with Crippen LogP contribution in [0.5, 0.6) is 0 Å². The van der Waals surface area contributed by atoms with Crippen LogP contribution in [0.15, 0.2) is 24.4 Å². The topological polar surface area (TPSA) is 50.9 Å². The van der Waals surface area contributed by atoms with Crippen molar-refractivity contribution in [2.24, 2.45) is 0 Å². The van der Waals surface area contributed by atoms with Crippen molar-refractivity contribution in [3.63, 3.8) is 0 Å². The molecule has 0 aliphatic rings. The van der Waals surface area contributed by atoms with Crippen LogP contribution >= 0.6 is 0 Å². The zero-order valence-corrected chi connectivity index (χ0v) is 11.1. The predicted molar refractivity (Wildman–Crippen MR) is 70.3 cm³/mol. The maximum absolute atomic E-state index is 10.5. The molecule has 0 spiro atoms. The van der Waals surface area contributed by atoms with Gasteiger partial charge >= 0.3 is 0 Å². The molecule has 0 amide bonds. The molecule has 1 heterocycles. The van der Waals surface area contributed by atoms with Crippen LogP contribution in [0.3, 0.4) is 0 Å². The summed E-state index contributed by atoms with van der Waals surface area (Å²) in [6, 6.07) is 6.06. The maximum atomic E-state index is 10.5. The minimum atomic E-state index is -0.660. The molecule has 0 saturated carbocycles. The summed E-state index contributed by atoms with van der Waals surface area (Å²) < 4.78 is 1.77. The normalized spacial score (nSPS) is 12.7. The van der Waals surface area contributed by atoms with E-state index in [2.05, 4.69) is 23.3 Å². The first-order valence-electron chi connectivity index (χ1n) is 6.27. The molecule has 0 aliphatic heterocycles. The Morgan fingerprint density at radius 1 is 1.33 bits per heavy atom. The van der Waals surface area contributed by atoms with E-state index in [0.29, 0.717) is 0 Å². The Hall–Kier alpha value is -1.68. The average Bonchev–Trinajstić information content (AvgIpc) is 2.77. The molecular formula is C14H19N3O. The van der Waals surface area contributed by atoms with Crippen LogP contribution in [-0.4, -0.2) is 20.1 Å². The Morgan fingerprint density at radius 2 is 2.11 bits per heavy atom. The van der Waals surface area contributed by atoms with Crippen molar-refractivity contribution in [2.75, 3.05) is 0 Å². The van der Waals surface area contributed by atoms with E-state index in [0.717, 1.165) is 29.8 Å². The zero-order valence-electron chi connectivity index (χ0n) is 11.1. The Balaban J connectivity index is 2.35. The summed E-state index contributed by atoms with van der Waals surface area (Å²) >= 11 is 0. The van der Waals surface area contributed by atoms with Crippen LogP contribution < -0.4 is 0 Å². The smallest absolute Gasteiger partial charge is 0.123 e. The molecule has 96 valence electrons. The number of aryl methyl sites for hydroxylation is 3. The second-order valence-electron chi connectivity index (χ2n) is 4.64. The van der Waals surface area contributed by atoms with Gasteiger partial charge in [-0.2, -0.15) is 0 Å². The number of aliphatic hydroxyl groups excluding tert-OH is 1. The number of aliphatic hydroxyl groups is 1. The molecule has 1 atom stereocenters. The molecule has 0 fully saturated rings. The molecule has 1 unspecified atom stereocenters. The lowest BCUT2D eigenvalue weighted by atomic mass is 9.99. The molecule has 18 heavy (non-hydrogen) atoms. The lowest BCUT2D eigenvalue weighted by molar-refractivity contribution is 0.206. The molecule has 4 heteroatoms. The van der Waals surface area contributed by atoms with E-state index in [9.17, 15) is 5.11 Å². The van der Waals surface area contributed by atoms with Gasteiger partial charge in [0, 0.05) is 6.54 Å². The third kappa shape index (κ3) is 2.43. The van der Waals surface area contributed by atoms with E-state index in [-0.39, 0.29) is 0 Å². The fraction of sp³-hybridized carbons (Fsp3) is 0.429. The van der Waals surface area contributed by atoms with Crippen molar-refractivity contribution in [1.82, 2.24) is 15.0 Å². The van der Waals surface area contributed by atoms with Crippen LogP contribution in [0, 0.1) is 13.8 Å². The van der Waals surface area contributed by atoms with Crippen LogP contribution in [0.4, 0.5) is 0 Å². The van der Waals surface area contributed by atoms with Gasteiger partial charge in [0.15, 0.2) is 0 Å². The molecule has 0 aliphatic carbocycles. The van der Waals surface area contributed by atoms with E-state index in [1.165, 1.54) is 5.56 Å². The molecule has 0 saturated heterocycles. The molecule has 1 aromatic heterocycles. The molecule has 2 aromatic rings. The highest BCUT2D eigenvalue weighted by atomic mass is 16.3. The quantitative estimate of drug-likeness (QED) is 0.899. The number of aromatic nitrogens is 3. The Labute approximate surface area is 107 Å². The molecular weight excluding hydrogens is 226 g/mol. The SMILES string of the molecule is CCCn1nncc1C(O)c1ccc(C)cc1C. The average molecular weight is 245 g/mol. The molecule has 0 radical (unpaired) electrons. The van der Waals surface area contributed by atoms with Gasteiger partial charge in [0.2, 0.25) is 0 Å². The van der Waals surface area contributed by atoms with Crippen molar-refractivity contribution in [1.29, 1.82) is 0 Å². The lowest BCUT2D eigenvalue weighted by Crippen LogP contribution is -2.11. The van der Waals surface area contributed by atoms with Gasteiger partial charge in [-0.25, -0.2) is 4.68 Å². The molecule has 1 aromatic carbocycles. The van der Waals surface area contributed by atoms with Crippen LogP contribution in [-0.2, 0) is 6.54 Å². The fourth-order valence-electron chi connectivity index (χ4n) is 2.15. The first kappa shape index (κ1) is 12.8. The highest BCUT2D eigenvalue weighted by molar-refractivity contribution is 5.35. The number of benzene rings is 1. The second kappa shape index (κ2) is 5.31. The van der Waals surface area contributed by atoms with Gasteiger partial charge < -0.3 is 5.11 Å². The van der Waals surface area contributed by atoms with Crippen LogP contribution in [0.1, 0.15) is 41.8 Å². The standard InChI is InChI=1S/C14H19N3O/c1-4-7-17-13(9-15-16-17)14(18)12-6-5-10(2)8-11(12)3/h5-6,8-9,14,18H,4,7H2,1-3H3. The van der Waals surface area contributed by atoms with E-state index >= 15 is 0 Å². The van der Waals surface area contributed by atoms with Gasteiger partial charge in [-0.1, -0.05) is 35.9 Å². The summed E-state index contributed by atoms with van der Waals surface area (Å²) in [5, 5.41) is 18.4. The van der Waals surface area contributed by atoms with Gasteiger partial charge in [-0.15, -0.1) is 5.10 Å². The summed E-state index contributed by atoms with van der Waals surface area (Å²) in [5.41, 5.74) is 3.96. The fourth-order valence-corrected chi connectivity index (χ4v) is 2.15. The Bertz CT molecular complexity index is 534. The van der Waals surface area contributed by atoms with Gasteiger partial charge in [-0.05, 0) is 31.4 Å². The number of hydrogen-bond donors (Lipinski definition) is 1. The Kier molecular flexibility index (Phi) is 3.77. The lowest BCUT2D eigenvalue weighted by Gasteiger charge is -2.15. The number of nitrogens with zero attached hydrogens (tertiary/aromatic N) is 3. The van der Waals surface area contributed by atoms with Gasteiger partial charge in [0.25, 0.3) is 0 Å². The summed E-state index contributed by atoms with van der Waals surface area (Å²) in [6.07, 6.45) is 1.95. The van der Waals surface area contributed by atoms with E-state index in [1.54, 1.807) is 10.9 Å². The predicted octanol–water partition coefficient (Wildman–Crippen LogP) is 2.39. The molecule has 0 bridgehead atoms. The van der Waals surface area contributed by atoms with E-state index in [1.807, 2.05) is 26.0 Å². The first-order valence-corrected chi connectivity index (χ1v) is 6.27. The number of hydrogen-bond acceptors (Lipinski definition) is 3. The zero-order chi connectivity index (χ0) is 13.1. The first-order chi connectivity index (χ1) is 8.63. The summed E-state index contributed by atoms with van der Waals surface area (Å²) in [7, 11) is 0. The third-order valence-electron chi connectivity index (χ3n) is 3.08. The van der Waals surface area contributed by atoms with Crippen LogP contribution in [0.2, 0.25) is 0 Å². The molecule has 4 nitrogen and oxygen atoms in total. The highest BCUT2D eigenvalue weighted by Crippen LogP contribution is 2.24. The van der Waals surface area contributed by atoms with Crippen molar-refractivity contribution in [3.8, 4) is 0 Å². The van der Waals surface area contributed by atoms with Crippen molar-refractivity contribution < 1.29 is 5.11 Å². The molecule has 2 rings (SSSR count). The summed E-state index contributed by atoms with van der Waals surface area (Å²) in [4.78, 5) is 0. The van der Waals surface area contributed by atoms with E-state index < -0.39 is 6.10 Å². The largest absolute Gasteiger partial charge is 0.382 e. The van der Waals surface area contributed by atoms with Crippen molar-refractivity contribution >= 4 is 0 Å². The number of rotatable bonds is 4. The van der Waals surface area contributed by atoms with Gasteiger partial charge in [-0.3, -0.25) is 0 Å². The van der Waals surface area contributed by atoms with Gasteiger partial charge in [0.1, 0.15) is 6.10 Å². The molecule has 1 N–H and O–H groups in total. The highest BCUT2D eigenvalue weighted by Gasteiger charge is 2.17. The minimum absolute atomic E-state index is 0.660. The Morgan fingerprint density at radius 3 is 2.78 bits per heavy atom.